The molecular formula is C14H26N2O. The number of ether oxygens (including phenoxy) is 1. The molecule has 0 aromatic carbocycles. The van der Waals surface area contributed by atoms with Crippen molar-refractivity contribution in [3.63, 3.8) is 0 Å². The second-order valence-electron chi connectivity index (χ2n) is 6.32. The highest BCUT2D eigenvalue weighted by molar-refractivity contribution is 4.96. The summed E-state index contributed by atoms with van der Waals surface area (Å²) in [5, 5.41) is 0. The van der Waals surface area contributed by atoms with Gasteiger partial charge in [-0.1, -0.05) is 13.8 Å². The number of hydrogen-bond donors (Lipinski definition) is 0. The Hall–Kier alpha value is -0.120. The van der Waals surface area contributed by atoms with Crippen molar-refractivity contribution in [3.8, 4) is 0 Å². The summed E-state index contributed by atoms with van der Waals surface area (Å²) in [6, 6.07) is 2.28. The molecule has 3 aliphatic heterocycles. The highest BCUT2D eigenvalue weighted by Gasteiger charge is 2.40. The minimum absolute atomic E-state index is 0.699. The smallest absolute Gasteiger partial charge is 0.0622 e. The summed E-state index contributed by atoms with van der Waals surface area (Å²) in [6.07, 6.45) is 4.06. The van der Waals surface area contributed by atoms with E-state index in [1.807, 2.05) is 0 Å². The van der Waals surface area contributed by atoms with Crippen molar-refractivity contribution in [2.24, 2.45) is 5.92 Å². The third-order valence-electron chi connectivity index (χ3n) is 4.91. The van der Waals surface area contributed by atoms with E-state index in [0.717, 1.165) is 31.2 Å². The fourth-order valence-corrected chi connectivity index (χ4v) is 3.86. The number of fused-ring (bicyclic) bond motifs is 1. The molecule has 0 bridgehead atoms. The zero-order valence-corrected chi connectivity index (χ0v) is 11.3. The molecule has 3 unspecified atom stereocenters. The summed E-state index contributed by atoms with van der Waals surface area (Å²) in [7, 11) is 0. The molecule has 17 heavy (non-hydrogen) atoms. The maximum absolute atomic E-state index is 5.59. The van der Waals surface area contributed by atoms with Gasteiger partial charge in [0.2, 0.25) is 0 Å². The van der Waals surface area contributed by atoms with Crippen LogP contribution in [0.2, 0.25) is 0 Å². The molecule has 3 nitrogen and oxygen atoms in total. The van der Waals surface area contributed by atoms with E-state index in [9.17, 15) is 0 Å². The average Bonchev–Trinajstić information content (AvgIpc) is 2.98. The van der Waals surface area contributed by atoms with E-state index in [-0.39, 0.29) is 0 Å². The first-order chi connectivity index (χ1) is 8.25. The van der Waals surface area contributed by atoms with Crippen LogP contribution in [0.4, 0.5) is 0 Å². The molecule has 3 saturated heterocycles. The van der Waals surface area contributed by atoms with Gasteiger partial charge in [-0.15, -0.1) is 0 Å². The van der Waals surface area contributed by atoms with Crippen LogP contribution in [0.25, 0.3) is 0 Å². The molecule has 0 saturated carbocycles. The predicted octanol–water partition coefficient (Wildman–Crippen LogP) is 1.58. The molecule has 0 radical (unpaired) electrons. The lowest BCUT2D eigenvalue weighted by Gasteiger charge is -2.47. The fourth-order valence-electron chi connectivity index (χ4n) is 3.86. The Morgan fingerprint density at radius 3 is 2.71 bits per heavy atom. The molecule has 3 heteroatoms. The van der Waals surface area contributed by atoms with Crippen LogP contribution in [0.5, 0.6) is 0 Å². The Balaban J connectivity index is 1.73. The molecule has 0 amide bonds. The van der Waals surface area contributed by atoms with E-state index >= 15 is 0 Å². The molecule has 3 heterocycles. The van der Waals surface area contributed by atoms with Gasteiger partial charge in [0.1, 0.15) is 0 Å². The Morgan fingerprint density at radius 2 is 2.00 bits per heavy atom. The van der Waals surface area contributed by atoms with Crippen LogP contribution in [-0.2, 0) is 4.74 Å². The number of nitrogens with zero attached hydrogens (tertiary/aromatic N) is 2. The Morgan fingerprint density at radius 1 is 1.12 bits per heavy atom. The van der Waals surface area contributed by atoms with Crippen LogP contribution in [0.1, 0.15) is 33.1 Å². The minimum Gasteiger partial charge on any atom is -0.380 e. The highest BCUT2D eigenvalue weighted by atomic mass is 16.5. The minimum atomic E-state index is 0.699. The first-order valence-corrected chi connectivity index (χ1v) is 7.33. The standard InChI is InChI=1S/C14H26N2O/c1-11(2)14-9-15-6-3-4-12(15)8-16(14)13-5-7-17-10-13/h11-14H,3-10H2,1-2H3. The molecule has 0 spiro atoms. The first-order valence-electron chi connectivity index (χ1n) is 7.33. The predicted molar refractivity (Wildman–Crippen MR) is 69.2 cm³/mol. The zero-order chi connectivity index (χ0) is 11.8. The number of hydrogen-bond acceptors (Lipinski definition) is 3. The highest BCUT2D eigenvalue weighted by Crippen LogP contribution is 2.30. The van der Waals surface area contributed by atoms with Gasteiger partial charge in [0, 0.05) is 37.8 Å². The third-order valence-corrected chi connectivity index (χ3v) is 4.91. The van der Waals surface area contributed by atoms with E-state index in [1.165, 1.54) is 38.9 Å². The second-order valence-corrected chi connectivity index (χ2v) is 6.32. The van der Waals surface area contributed by atoms with Gasteiger partial charge < -0.3 is 4.74 Å². The van der Waals surface area contributed by atoms with E-state index < -0.39 is 0 Å². The van der Waals surface area contributed by atoms with E-state index in [1.54, 1.807) is 0 Å². The van der Waals surface area contributed by atoms with Crippen molar-refractivity contribution in [2.75, 3.05) is 32.8 Å². The lowest BCUT2D eigenvalue weighted by Crippen LogP contribution is -2.60. The monoisotopic (exact) mass is 238 g/mol. The van der Waals surface area contributed by atoms with Crippen LogP contribution >= 0.6 is 0 Å². The summed E-state index contributed by atoms with van der Waals surface area (Å²) in [5.41, 5.74) is 0. The number of piperazine rings is 1. The van der Waals surface area contributed by atoms with Crippen molar-refractivity contribution < 1.29 is 4.74 Å². The summed E-state index contributed by atoms with van der Waals surface area (Å²) >= 11 is 0. The summed E-state index contributed by atoms with van der Waals surface area (Å²) in [4.78, 5) is 5.52. The molecule has 3 rings (SSSR count). The third kappa shape index (κ3) is 2.25. The molecule has 0 aromatic rings. The Kier molecular flexibility index (Phi) is 3.42. The van der Waals surface area contributed by atoms with Gasteiger partial charge >= 0.3 is 0 Å². The Bertz CT molecular complexity index is 263. The van der Waals surface area contributed by atoms with Crippen LogP contribution in [0.3, 0.4) is 0 Å². The van der Waals surface area contributed by atoms with Crippen molar-refractivity contribution in [2.45, 2.75) is 51.2 Å². The zero-order valence-electron chi connectivity index (χ0n) is 11.3. The molecule has 0 aromatic heterocycles. The van der Waals surface area contributed by atoms with Crippen molar-refractivity contribution in [1.82, 2.24) is 9.80 Å². The van der Waals surface area contributed by atoms with Crippen molar-refractivity contribution in [3.05, 3.63) is 0 Å². The fraction of sp³-hybridized carbons (Fsp3) is 1.00. The molecule has 3 aliphatic rings. The van der Waals surface area contributed by atoms with Gasteiger partial charge in [-0.25, -0.2) is 0 Å². The molecular weight excluding hydrogens is 212 g/mol. The van der Waals surface area contributed by atoms with E-state index in [0.29, 0.717) is 6.04 Å². The van der Waals surface area contributed by atoms with Crippen LogP contribution in [0.15, 0.2) is 0 Å². The molecule has 3 fully saturated rings. The van der Waals surface area contributed by atoms with Crippen LogP contribution in [0, 0.1) is 5.92 Å². The number of rotatable bonds is 2. The van der Waals surface area contributed by atoms with Crippen molar-refractivity contribution in [1.29, 1.82) is 0 Å². The van der Waals surface area contributed by atoms with E-state index in [2.05, 4.69) is 23.6 Å². The van der Waals surface area contributed by atoms with E-state index in [4.69, 9.17) is 4.74 Å². The quantitative estimate of drug-likeness (QED) is 0.726. The Labute approximate surface area is 105 Å². The van der Waals surface area contributed by atoms with Crippen LogP contribution in [-0.4, -0.2) is 60.8 Å². The molecule has 0 N–H and O–H groups in total. The lowest BCUT2D eigenvalue weighted by molar-refractivity contribution is -0.00251. The van der Waals surface area contributed by atoms with Gasteiger partial charge in [-0.3, -0.25) is 9.80 Å². The van der Waals surface area contributed by atoms with Crippen LogP contribution < -0.4 is 0 Å². The average molecular weight is 238 g/mol. The summed E-state index contributed by atoms with van der Waals surface area (Å²) < 4.78 is 5.59. The summed E-state index contributed by atoms with van der Waals surface area (Å²) in [6.45, 7) is 10.6. The molecule has 98 valence electrons. The topological polar surface area (TPSA) is 15.7 Å². The van der Waals surface area contributed by atoms with Crippen molar-refractivity contribution >= 4 is 0 Å². The summed E-state index contributed by atoms with van der Waals surface area (Å²) in [5.74, 6) is 0.761. The maximum Gasteiger partial charge on any atom is 0.0622 e. The first kappa shape index (κ1) is 11.9. The van der Waals surface area contributed by atoms with Gasteiger partial charge in [-0.2, -0.15) is 0 Å². The van der Waals surface area contributed by atoms with Gasteiger partial charge in [0.05, 0.1) is 6.61 Å². The molecule has 0 aliphatic carbocycles. The maximum atomic E-state index is 5.59. The normalized spacial score (nSPS) is 40.1. The van der Waals surface area contributed by atoms with Gasteiger partial charge in [-0.05, 0) is 31.7 Å². The molecule has 3 atom stereocenters. The van der Waals surface area contributed by atoms with Gasteiger partial charge in [0.15, 0.2) is 0 Å². The second kappa shape index (κ2) is 4.87. The lowest BCUT2D eigenvalue weighted by atomic mass is 9.95. The largest absolute Gasteiger partial charge is 0.380 e. The van der Waals surface area contributed by atoms with Gasteiger partial charge in [0.25, 0.3) is 0 Å². The SMILES string of the molecule is CC(C)C1CN2CCCC2CN1C1CCOC1.